The van der Waals surface area contributed by atoms with Crippen molar-refractivity contribution in [1.82, 2.24) is 0 Å². The lowest BCUT2D eigenvalue weighted by Gasteiger charge is -2.27. The van der Waals surface area contributed by atoms with Gasteiger partial charge in [0.25, 0.3) is 0 Å². The lowest BCUT2D eigenvalue weighted by Crippen LogP contribution is -2.10. The summed E-state index contributed by atoms with van der Waals surface area (Å²) in [5.74, 6) is 0. The number of para-hydroxylation sites is 2. The van der Waals surface area contributed by atoms with E-state index < -0.39 is 0 Å². The van der Waals surface area contributed by atoms with Gasteiger partial charge in [0.05, 0.1) is 5.69 Å². The fraction of sp³-hybridized carbons (Fsp3) is 0. The molecule has 11 aromatic rings. The number of fused-ring (bicyclic) bond motifs is 6. The summed E-state index contributed by atoms with van der Waals surface area (Å²) in [5, 5.41) is 4.81. The van der Waals surface area contributed by atoms with Gasteiger partial charge in [0.15, 0.2) is 5.58 Å². The molecule has 0 bridgehead atoms. The largest absolute Gasteiger partial charge is 0.454 e. The van der Waals surface area contributed by atoms with E-state index >= 15 is 0 Å². The van der Waals surface area contributed by atoms with Crippen LogP contribution in [0.1, 0.15) is 0 Å². The van der Waals surface area contributed by atoms with Crippen LogP contribution in [0.25, 0.3) is 86.6 Å². The lowest BCUT2D eigenvalue weighted by atomic mass is 9.92. The minimum atomic E-state index is 0.861. The van der Waals surface area contributed by atoms with E-state index in [9.17, 15) is 0 Å². The quantitative estimate of drug-likeness (QED) is 0.162. The minimum Gasteiger partial charge on any atom is -0.454 e. The SMILES string of the molecule is c1ccc(-c2ccc(-c3ccc(N(c4ccc(-c5cccc6c5sc5ccccc56)c(-c5ccccc5)c4)c4cccc5c4oc4ccccc45)cc3)cc2)cc1. The third-order valence-electron chi connectivity index (χ3n) is 11.1. The van der Waals surface area contributed by atoms with Gasteiger partial charge in [0.1, 0.15) is 5.58 Å². The highest BCUT2D eigenvalue weighted by molar-refractivity contribution is 7.26. The van der Waals surface area contributed by atoms with Crippen molar-refractivity contribution < 1.29 is 4.42 Å². The van der Waals surface area contributed by atoms with Crippen LogP contribution in [0.15, 0.2) is 217 Å². The van der Waals surface area contributed by atoms with Crippen molar-refractivity contribution in [1.29, 1.82) is 0 Å². The van der Waals surface area contributed by atoms with E-state index in [4.69, 9.17) is 4.42 Å². The lowest BCUT2D eigenvalue weighted by molar-refractivity contribution is 0.669. The normalized spacial score (nSPS) is 11.5. The Balaban J connectivity index is 1.09. The van der Waals surface area contributed by atoms with Crippen LogP contribution in [-0.4, -0.2) is 0 Å². The zero-order chi connectivity index (χ0) is 37.7. The highest BCUT2D eigenvalue weighted by Gasteiger charge is 2.22. The monoisotopic (exact) mass is 745 g/mol. The number of furan rings is 1. The van der Waals surface area contributed by atoms with Crippen molar-refractivity contribution in [3.8, 4) is 44.5 Å². The Morgan fingerprint density at radius 3 is 1.67 bits per heavy atom. The van der Waals surface area contributed by atoms with Crippen molar-refractivity contribution in [2.75, 3.05) is 4.90 Å². The predicted molar refractivity (Wildman–Crippen MR) is 243 cm³/mol. The van der Waals surface area contributed by atoms with Crippen LogP contribution in [0.5, 0.6) is 0 Å². The van der Waals surface area contributed by atoms with Gasteiger partial charge in [-0.1, -0.05) is 170 Å². The van der Waals surface area contributed by atoms with Gasteiger partial charge in [-0.3, -0.25) is 0 Å². The van der Waals surface area contributed by atoms with Gasteiger partial charge < -0.3 is 9.32 Å². The maximum absolute atomic E-state index is 6.69. The molecule has 0 fully saturated rings. The van der Waals surface area contributed by atoms with Crippen LogP contribution in [0.2, 0.25) is 0 Å². The zero-order valence-corrected chi connectivity index (χ0v) is 31.8. The molecule has 0 N–H and O–H groups in total. The van der Waals surface area contributed by atoms with E-state index in [2.05, 4.69) is 211 Å². The second-order valence-electron chi connectivity index (χ2n) is 14.5. The Bertz CT molecular complexity index is 3210. The standard InChI is InChI=1S/C54H35NOS/c1-3-13-36(14-4-1)37-25-27-38(28-26-37)39-29-31-41(32-30-39)55(50-22-12-19-46-44-17-7-9-23-51(44)56-53(46)50)42-33-34-43(49(35-42)40-15-5-2-6-16-40)47-20-11-21-48-45-18-8-10-24-52(45)57-54(47)48/h1-35H. The maximum atomic E-state index is 6.69. The van der Waals surface area contributed by atoms with Crippen molar-refractivity contribution in [2.45, 2.75) is 0 Å². The highest BCUT2D eigenvalue weighted by atomic mass is 32.1. The molecule has 11 rings (SSSR count). The predicted octanol–water partition coefficient (Wildman–Crippen LogP) is 16.1. The Morgan fingerprint density at radius 2 is 0.912 bits per heavy atom. The molecular weight excluding hydrogens is 711 g/mol. The summed E-state index contributed by atoms with van der Waals surface area (Å²) < 4.78 is 9.30. The molecule has 0 saturated heterocycles. The van der Waals surface area contributed by atoms with Crippen LogP contribution in [0, 0.1) is 0 Å². The van der Waals surface area contributed by atoms with E-state index in [-0.39, 0.29) is 0 Å². The maximum Gasteiger partial charge on any atom is 0.159 e. The molecule has 0 amide bonds. The van der Waals surface area contributed by atoms with Gasteiger partial charge in [-0.25, -0.2) is 0 Å². The zero-order valence-electron chi connectivity index (χ0n) is 31.0. The Morgan fingerprint density at radius 1 is 0.351 bits per heavy atom. The molecule has 0 atom stereocenters. The van der Waals surface area contributed by atoms with Crippen molar-refractivity contribution in [3.05, 3.63) is 212 Å². The molecule has 2 nitrogen and oxygen atoms in total. The topological polar surface area (TPSA) is 16.4 Å². The summed E-state index contributed by atoms with van der Waals surface area (Å²) in [7, 11) is 0. The Labute approximate surface area is 335 Å². The van der Waals surface area contributed by atoms with E-state index in [1.165, 1.54) is 59.1 Å². The van der Waals surface area contributed by atoms with Crippen LogP contribution in [-0.2, 0) is 0 Å². The van der Waals surface area contributed by atoms with Crippen molar-refractivity contribution in [3.63, 3.8) is 0 Å². The number of hydrogen-bond acceptors (Lipinski definition) is 3. The van der Waals surface area contributed by atoms with E-state index in [0.29, 0.717) is 0 Å². The summed E-state index contributed by atoms with van der Waals surface area (Å²) in [6.07, 6.45) is 0. The summed E-state index contributed by atoms with van der Waals surface area (Å²) >= 11 is 1.87. The molecule has 3 heteroatoms. The van der Waals surface area contributed by atoms with Gasteiger partial charge in [0.2, 0.25) is 0 Å². The smallest absolute Gasteiger partial charge is 0.159 e. The van der Waals surface area contributed by atoms with Gasteiger partial charge in [0, 0.05) is 47.9 Å². The molecule has 57 heavy (non-hydrogen) atoms. The summed E-state index contributed by atoms with van der Waals surface area (Å²) in [6.45, 7) is 0. The fourth-order valence-electron chi connectivity index (χ4n) is 8.35. The van der Waals surface area contributed by atoms with E-state index in [0.717, 1.165) is 44.6 Å². The first kappa shape index (κ1) is 33.2. The number of rotatable bonds is 7. The molecule has 268 valence electrons. The van der Waals surface area contributed by atoms with Crippen molar-refractivity contribution >= 4 is 70.5 Å². The van der Waals surface area contributed by atoms with E-state index in [1.54, 1.807) is 0 Å². The number of hydrogen-bond donors (Lipinski definition) is 0. The Hall–Kier alpha value is -7.20. The van der Waals surface area contributed by atoms with Gasteiger partial charge in [-0.05, 0) is 81.4 Å². The van der Waals surface area contributed by atoms with Gasteiger partial charge in [-0.15, -0.1) is 11.3 Å². The second-order valence-corrected chi connectivity index (χ2v) is 15.5. The third-order valence-corrected chi connectivity index (χ3v) is 12.3. The first-order valence-electron chi connectivity index (χ1n) is 19.3. The minimum absolute atomic E-state index is 0.861. The fourth-order valence-corrected chi connectivity index (χ4v) is 9.58. The highest BCUT2D eigenvalue weighted by Crippen LogP contribution is 2.47. The average Bonchev–Trinajstić information content (AvgIpc) is 3.87. The van der Waals surface area contributed by atoms with Crippen molar-refractivity contribution in [2.24, 2.45) is 0 Å². The van der Waals surface area contributed by atoms with Gasteiger partial charge in [-0.2, -0.15) is 0 Å². The summed E-state index contributed by atoms with van der Waals surface area (Å²) in [5.41, 5.74) is 14.4. The molecule has 0 radical (unpaired) electrons. The Kier molecular flexibility index (Phi) is 8.04. The first-order chi connectivity index (χ1) is 28.3. The molecule has 0 unspecified atom stereocenters. The van der Waals surface area contributed by atoms with Crippen LogP contribution < -0.4 is 4.90 Å². The first-order valence-corrected chi connectivity index (χ1v) is 20.1. The average molecular weight is 746 g/mol. The number of benzene rings is 9. The van der Waals surface area contributed by atoms with E-state index in [1.807, 2.05) is 17.4 Å². The molecular formula is C54H35NOS. The molecule has 0 spiro atoms. The number of thiophene rings is 1. The number of anilines is 3. The van der Waals surface area contributed by atoms with Gasteiger partial charge >= 0.3 is 0 Å². The molecule has 9 aromatic carbocycles. The van der Waals surface area contributed by atoms with Crippen LogP contribution >= 0.6 is 11.3 Å². The number of nitrogens with zero attached hydrogens (tertiary/aromatic N) is 1. The molecule has 0 aliphatic rings. The molecule has 2 aromatic heterocycles. The molecule has 0 aliphatic carbocycles. The molecule has 0 aliphatic heterocycles. The van der Waals surface area contributed by atoms with Crippen LogP contribution in [0.3, 0.4) is 0 Å². The summed E-state index contributed by atoms with van der Waals surface area (Å²) in [6, 6.07) is 76.3. The second kappa shape index (κ2) is 13.8. The summed E-state index contributed by atoms with van der Waals surface area (Å²) in [4.78, 5) is 2.35. The van der Waals surface area contributed by atoms with Crippen LogP contribution in [0.4, 0.5) is 17.1 Å². The molecule has 0 saturated carbocycles. The third kappa shape index (κ3) is 5.80. The molecule has 2 heterocycles.